The normalized spacial score (nSPS) is 11.3. The highest BCUT2D eigenvalue weighted by molar-refractivity contribution is 6.50. The molecule has 23 heavy (non-hydrogen) atoms. The zero-order chi connectivity index (χ0) is 17.6. The zero-order valence-corrected chi connectivity index (χ0v) is 15.5. The average molecular weight is 392 g/mol. The first kappa shape index (κ1) is 22.6. The third-order valence-electron chi connectivity index (χ3n) is 3.14. The largest absolute Gasteiger partial charge is 0.510 e. The number of carboxylic acids is 1. The number of aliphatic carboxylic acids is 1. The number of hydrogen-bond acceptors (Lipinski definition) is 4. The van der Waals surface area contributed by atoms with Gasteiger partial charge in [-0.25, -0.2) is 4.79 Å². The van der Waals surface area contributed by atoms with E-state index in [1.165, 1.54) is 0 Å². The van der Waals surface area contributed by atoms with Gasteiger partial charge in [0, 0.05) is 6.42 Å². The summed E-state index contributed by atoms with van der Waals surface area (Å²) >= 11 is 16.5. The summed E-state index contributed by atoms with van der Waals surface area (Å²) in [5, 5.41) is 8.50. The fourth-order valence-corrected chi connectivity index (χ4v) is 2.13. The molecule has 0 spiro atoms. The minimum Gasteiger partial charge on any atom is -0.481 e. The van der Waals surface area contributed by atoms with Gasteiger partial charge in [-0.05, 0) is 12.8 Å². The lowest BCUT2D eigenvalue weighted by molar-refractivity contribution is -0.137. The van der Waals surface area contributed by atoms with Gasteiger partial charge in [-0.3, -0.25) is 4.79 Å². The van der Waals surface area contributed by atoms with Gasteiger partial charge in [0.15, 0.2) is 0 Å². The van der Waals surface area contributed by atoms with Crippen molar-refractivity contribution in [3.05, 3.63) is 0 Å². The van der Waals surface area contributed by atoms with Crippen LogP contribution in [0.5, 0.6) is 0 Å². The van der Waals surface area contributed by atoms with Crippen LogP contribution in [-0.2, 0) is 14.3 Å². The van der Waals surface area contributed by atoms with E-state index >= 15 is 0 Å². The van der Waals surface area contributed by atoms with Crippen molar-refractivity contribution in [3.8, 4) is 0 Å². The molecular formula is C15H25Cl3O5. The molecule has 0 aliphatic heterocycles. The van der Waals surface area contributed by atoms with E-state index in [4.69, 9.17) is 44.6 Å². The Bertz CT molecular complexity index is 337. The van der Waals surface area contributed by atoms with Gasteiger partial charge in [0.05, 0.1) is 12.5 Å². The Hall–Kier alpha value is -0.390. The molecular weight excluding hydrogens is 367 g/mol. The smallest absolute Gasteiger partial charge is 0.481 e. The number of unbranched alkanes of at least 4 members (excludes halogenated alkanes) is 8. The average Bonchev–Trinajstić information content (AvgIpc) is 2.47. The van der Waals surface area contributed by atoms with Crippen LogP contribution in [0.4, 0.5) is 4.79 Å². The zero-order valence-electron chi connectivity index (χ0n) is 13.2. The van der Waals surface area contributed by atoms with E-state index in [9.17, 15) is 9.59 Å². The number of halogens is 3. The molecule has 136 valence electrons. The third-order valence-corrected chi connectivity index (χ3v) is 4.21. The van der Waals surface area contributed by atoms with E-state index < -0.39 is 16.6 Å². The molecule has 1 N–H and O–H groups in total. The summed E-state index contributed by atoms with van der Waals surface area (Å²) in [6.45, 7) is 0.264. The number of carboxylic acid groups (broad SMARTS) is 1. The third kappa shape index (κ3) is 16.3. The molecule has 0 aliphatic rings. The quantitative estimate of drug-likeness (QED) is 0.240. The molecule has 0 unspecified atom stereocenters. The van der Waals surface area contributed by atoms with Gasteiger partial charge >= 0.3 is 12.1 Å². The molecule has 0 radical (unpaired) electrons. The van der Waals surface area contributed by atoms with Crippen molar-refractivity contribution in [3.63, 3.8) is 0 Å². The Balaban J connectivity index is 3.28. The highest BCUT2D eigenvalue weighted by Gasteiger charge is 2.28. The van der Waals surface area contributed by atoms with Gasteiger partial charge < -0.3 is 14.6 Å². The second-order valence-electron chi connectivity index (χ2n) is 5.30. The van der Waals surface area contributed by atoms with Crippen LogP contribution in [-0.4, -0.2) is 34.2 Å². The maximum Gasteiger partial charge on any atom is 0.510 e. The molecule has 0 aromatic carbocycles. The molecule has 0 aliphatic carbocycles. The van der Waals surface area contributed by atoms with E-state index in [-0.39, 0.29) is 18.9 Å². The van der Waals surface area contributed by atoms with Gasteiger partial charge in [0.2, 0.25) is 0 Å². The molecule has 0 atom stereocenters. The lowest BCUT2D eigenvalue weighted by Crippen LogP contribution is -2.25. The summed E-state index contributed by atoms with van der Waals surface area (Å²) in [7, 11) is 0. The maximum absolute atomic E-state index is 11.2. The standard InChI is InChI=1S/C15H25Cl3O5/c16-12-15(17,18)23-14(21)22-11-9-7-5-3-1-2-4-6-8-10-13(19)20/h1-12H2,(H,19,20). The molecule has 0 aromatic rings. The fraction of sp³-hybridized carbons (Fsp3) is 0.867. The van der Waals surface area contributed by atoms with Crippen molar-refractivity contribution < 1.29 is 24.2 Å². The van der Waals surface area contributed by atoms with Crippen LogP contribution in [0, 0.1) is 0 Å². The first-order chi connectivity index (χ1) is 10.9. The van der Waals surface area contributed by atoms with Gasteiger partial charge in [0.25, 0.3) is 4.52 Å². The predicted octanol–water partition coefficient (Wildman–Crippen LogP) is 5.50. The Morgan fingerprint density at radius 3 is 1.83 bits per heavy atom. The number of carbonyl (C=O) groups is 2. The Morgan fingerprint density at radius 2 is 1.35 bits per heavy atom. The summed E-state index contributed by atoms with van der Waals surface area (Å²) in [5.74, 6) is -0.955. The molecule has 0 heterocycles. The van der Waals surface area contributed by atoms with Gasteiger partial charge in [-0.1, -0.05) is 68.1 Å². The predicted molar refractivity (Wildman–Crippen MR) is 91.4 cm³/mol. The van der Waals surface area contributed by atoms with Gasteiger partial charge in [-0.2, -0.15) is 0 Å². The lowest BCUT2D eigenvalue weighted by atomic mass is 10.1. The summed E-state index contributed by atoms with van der Waals surface area (Å²) < 4.78 is 7.68. The topological polar surface area (TPSA) is 72.8 Å². The molecule has 0 amide bonds. The number of rotatable bonds is 14. The SMILES string of the molecule is O=C(O)CCCCCCCCCCCOC(=O)OC(Cl)(Cl)CCl. The second kappa shape index (κ2) is 14.0. The highest BCUT2D eigenvalue weighted by atomic mass is 35.5. The Labute approximate surface area is 152 Å². The monoisotopic (exact) mass is 390 g/mol. The second-order valence-corrected chi connectivity index (χ2v) is 6.98. The van der Waals surface area contributed by atoms with Crippen LogP contribution in [0.2, 0.25) is 0 Å². The Morgan fingerprint density at radius 1 is 0.870 bits per heavy atom. The minimum absolute atomic E-state index is 0.235. The molecule has 8 heteroatoms. The van der Waals surface area contributed by atoms with E-state index in [2.05, 4.69) is 4.74 Å². The molecule has 0 bridgehead atoms. The van der Waals surface area contributed by atoms with Crippen molar-refractivity contribution in [2.45, 2.75) is 68.7 Å². The van der Waals surface area contributed by atoms with E-state index in [1.54, 1.807) is 0 Å². The molecule has 0 saturated carbocycles. The van der Waals surface area contributed by atoms with Crippen LogP contribution in [0.3, 0.4) is 0 Å². The van der Waals surface area contributed by atoms with E-state index in [0.717, 1.165) is 57.8 Å². The first-order valence-electron chi connectivity index (χ1n) is 7.89. The number of ether oxygens (including phenoxy) is 2. The number of hydrogen-bond donors (Lipinski definition) is 1. The molecule has 0 fully saturated rings. The van der Waals surface area contributed by atoms with Crippen molar-refractivity contribution in [1.29, 1.82) is 0 Å². The van der Waals surface area contributed by atoms with Crippen molar-refractivity contribution >= 4 is 46.9 Å². The fourth-order valence-electron chi connectivity index (χ4n) is 1.95. The molecule has 0 aromatic heterocycles. The van der Waals surface area contributed by atoms with Crippen LogP contribution in [0.1, 0.15) is 64.2 Å². The maximum atomic E-state index is 11.2. The van der Waals surface area contributed by atoms with Crippen molar-refractivity contribution in [2.24, 2.45) is 0 Å². The van der Waals surface area contributed by atoms with E-state index in [1.807, 2.05) is 0 Å². The minimum atomic E-state index is -1.75. The van der Waals surface area contributed by atoms with Crippen LogP contribution >= 0.6 is 34.8 Å². The van der Waals surface area contributed by atoms with E-state index in [0.29, 0.717) is 0 Å². The highest BCUT2D eigenvalue weighted by Crippen LogP contribution is 2.24. The van der Waals surface area contributed by atoms with Gasteiger partial charge in [-0.15, -0.1) is 11.6 Å². The summed E-state index contributed by atoms with van der Waals surface area (Å²) in [4.78, 5) is 21.5. The lowest BCUT2D eigenvalue weighted by Gasteiger charge is -2.16. The summed E-state index contributed by atoms with van der Waals surface area (Å²) in [6, 6.07) is 0. The van der Waals surface area contributed by atoms with Gasteiger partial charge in [0.1, 0.15) is 0 Å². The molecule has 0 saturated heterocycles. The number of alkyl halides is 3. The summed E-state index contributed by atoms with van der Waals surface area (Å²) in [6.07, 6.45) is 8.38. The van der Waals surface area contributed by atoms with Crippen LogP contribution < -0.4 is 0 Å². The molecule has 5 nitrogen and oxygen atoms in total. The van der Waals surface area contributed by atoms with Crippen molar-refractivity contribution in [1.82, 2.24) is 0 Å². The number of carbonyl (C=O) groups excluding carboxylic acids is 1. The molecule has 0 rings (SSSR count). The van der Waals surface area contributed by atoms with Crippen molar-refractivity contribution in [2.75, 3.05) is 12.5 Å². The summed E-state index contributed by atoms with van der Waals surface area (Å²) in [5.41, 5.74) is 0. The van der Waals surface area contributed by atoms with Crippen LogP contribution in [0.25, 0.3) is 0 Å². The van der Waals surface area contributed by atoms with Crippen LogP contribution in [0.15, 0.2) is 0 Å². The first-order valence-corrected chi connectivity index (χ1v) is 9.18. The Kier molecular flexibility index (Phi) is 13.8.